The highest BCUT2D eigenvalue weighted by atomic mass is 35.5. The van der Waals surface area contributed by atoms with Gasteiger partial charge in [0.25, 0.3) is 0 Å². The topological polar surface area (TPSA) is 0 Å². The molecule has 1 aromatic rings. The molecule has 0 unspecified atom stereocenters. The lowest BCUT2D eigenvalue weighted by Crippen LogP contribution is -2.13. The smallest absolute Gasteiger partial charge is 0.0505 e. The van der Waals surface area contributed by atoms with Gasteiger partial charge in [-0.1, -0.05) is 29.1 Å². The van der Waals surface area contributed by atoms with Gasteiger partial charge in [-0.3, -0.25) is 0 Å². The predicted octanol–water partition coefficient (Wildman–Crippen LogP) is 3.90. The van der Waals surface area contributed by atoms with Crippen molar-refractivity contribution in [1.82, 2.24) is 0 Å². The number of benzene rings is 1. The van der Waals surface area contributed by atoms with E-state index in [9.17, 15) is 0 Å². The lowest BCUT2D eigenvalue weighted by atomic mass is 9.86. The molecule has 0 saturated heterocycles. The molecule has 1 aromatic carbocycles. The van der Waals surface area contributed by atoms with Crippen LogP contribution in [-0.2, 0) is 5.41 Å². The molecule has 13 heavy (non-hydrogen) atoms. The third-order valence-corrected chi connectivity index (χ3v) is 2.38. The van der Waals surface area contributed by atoms with E-state index in [4.69, 9.17) is 29.6 Å². The van der Waals surface area contributed by atoms with E-state index in [2.05, 4.69) is 5.92 Å². The Kier molecular flexibility index (Phi) is 2.91. The van der Waals surface area contributed by atoms with E-state index in [0.29, 0.717) is 10.0 Å². The van der Waals surface area contributed by atoms with Crippen LogP contribution >= 0.6 is 23.2 Å². The first kappa shape index (κ1) is 10.4. The van der Waals surface area contributed by atoms with Gasteiger partial charge in [0.1, 0.15) is 0 Å². The fourth-order valence-electron chi connectivity index (χ4n) is 0.998. The maximum absolute atomic E-state index is 5.86. The molecular weight excluding hydrogens is 203 g/mol. The predicted molar refractivity (Wildman–Crippen MR) is 58.3 cm³/mol. The summed E-state index contributed by atoms with van der Waals surface area (Å²) in [6.07, 6.45) is 5.40. The normalized spacial score (nSPS) is 11.0. The second-order valence-electron chi connectivity index (χ2n) is 3.43. The summed E-state index contributed by atoms with van der Waals surface area (Å²) >= 11 is 11.7. The molecule has 0 aliphatic rings. The largest absolute Gasteiger partial charge is 0.119 e. The fraction of sp³-hybridized carbons (Fsp3) is 0.273. The van der Waals surface area contributed by atoms with Crippen LogP contribution in [0.1, 0.15) is 19.4 Å². The van der Waals surface area contributed by atoms with Gasteiger partial charge in [0.2, 0.25) is 0 Å². The summed E-state index contributed by atoms with van der Waals surface area (Å²) in [5.41, 5.74) is 0.640. The van der Waals surface area contributed by atoms with Crippen molar-refractivity contribution in [2.24, 2.45) is 0 Å². The first-order valence-corrected chi connectivity index (χ1v) is 4.65. The Labute approximate surface area is 88.9 Å². The van der Waals surface area contributed by atoms with Gasteiger partial charge in [0, 0.05) is 10.0 Å². The second-order valence-corrected chi connectivity index (χ2v) is 4.30. The Hall–Kier alpha value is -0.640. The molecule has 0 N–H and O–H groups in total. The van der Waals surface area contributed by atoms with Crippen LogP contribution in [0.2, 0.25) is 10.0 Å². The first-order chi connectivity index (χ1) is 5.95. The summed E-state index contributed by atoms with van der Waals surface area (Å²) in [7, 11) is 0. The number of terminal acetylenes is 1. The Bertz CT molecular complexity index is 339. The van der Waals surface area contributed by atoms with Crippen molar-refractivity contribution in [2.45, 2.75) is 19.3 Å². The molecule has 68 valence electrons. The van der Waals surface area contributed by atoms with Crippen molar-refractivity contribution >= 4 is 23.2 Å². The van der Waals surface area contributed by atoms with E-state index >= 15 is 0 Å². The molecule has 0 aliphatic carbocycles. The third-order valence-electron chi connectivity index (χ3n) is 1.95. The van der Waals surface area contributed by atoms with Crippen LogP contribution in [-0.4, -0.2) is 0 Å². The standard InChI is InChI=1S/C11H10Cl2/c1-4-11(2,3)8-5-9(12)7-10(13)6-8/h1,5-7H,2-3H3. The van der Waals surface area contributed by atoms with Crippen LogP contribution in [0.4, 0.5) is 0 Å². The zero-order valence-corrected chi connectivity index (χ0v) is 9.08. The van der Waals surface area contributed by atoms with E-state index in [-0.39, 0.29) is 5.41 Å². The molecular formula is C11H10Cl2. The number of halogens is 2. The summed E-state index contributed by atoms with van der Waals surface area (Å²) in [6, 6.07) is 5.37. The van der Waals surface area contributed by atoms with Gasteiger partial charge in [-0.05, 0) is 37.6 Å². The van der Waals surface area contributed by atoms with Crippen molar-refractivity contribution in [3.05, 3.63) is 33.8 Å². The van der Waals surface area contributed by atoms with Crippen molar-refractivity contribution in [1.29, 1.82) is 0 Å². The van der Waals surface area contributed by atoms with Gasteiger partial charge in [-0.25, -0.2) is 0 Å². The lowest BCUT2D eigenvalue weighted by molar-refractivity contribution is 0.699. The summed E-state index contributed by atoms with van der Waals surface area (Å²) in [4.78, 5) is 0. The second kappa shape index (κ2) is 3.62. The minimum absolute atomic E-state index is 0.325. The molecule has 0 aliphatic heterocycles. The average Bonchev–Trinajstić information content (AvgIpc) is 2.02. The van der Waals surface area contributed by atoms with Crippen molar-refractivity contribution in [3.8, 4) is 12.3 Å². The minimum atomic E-state index is -0.325. The van der Waals surface area contributed by atoms with Gasteiger partial charge in [0.05, 0.1) is 5.41 Å². The minimum Gasteiger partial charge on any atom is -0.119 e. The molecule has 0 radical (unpaired) electrons. The van der Waals surface area contributed by atoms with Crippen molar-refractivity contribution in [2.75, 3.05) is 0 Å². The average molecular weight is 213 g/mol. The lowest BCUT2D eigenvalue weighted by Gasteiger charge is -2.18. The third kappa shape index (κ3) is 2.40. The maximum atomic E-state index is 5.86. The van der Waals surface area contributed by atoms with Crippen molar-refractivity contribution < 1.29 is 0 Å². The van der Waals surface area contributed by atoms with Crippen LogP contribution in [0.15, 0.2) is 18.2 Å². The fourth-order valence-corrected chi connectivity index (χ4v) is 1.52. The Morgan fingerprint density at radius 3 is 2.00 bits per heavy atom. The highest BCUT2D eigenvalue weighted by Gasteiger charge is 2.17. The molecule has 0 saturated carbocycles. The van der Waals surface area contributed by atoms with Gasteiger partial charge in [-0.15, -0.1) is 6.42 Å². The molecule has 0 atom stereocenters. The Balaban J connectivity index is 3.25. The molecule has 0 fully saturated rings. The molecule has 2 heteroatoms. The van der Waals surface area contributed by atoms with Gasteiger partial charge in [0.15, 0.2) is 0 Å². The van der Waals surface area contributed by atoms with Crippen LogP contribution in [0.25, 0.3) is 0 Å². The van der Waals surface area contributed by atoms with Gasteiger partial charge >= 0.3 is 0 Å². The summed E-state index contributed by atoms with van der Waals surface area (Å²) in [5, 5.41) is 1.23. The van der Waals surface area contributed by atoms with Crippen LogP contribution in [0.5, 0.6) is 0 Å². The highest BCUT2D eigenvalue weighted by Crippen LogP contribution is 2.28. The zero-order valence-electron chi connectivity index (χ0n) is 7.57. The molecule has 0 nitrogen and oxygen atoms in total. The monoisotopic (exact) mass is 212 g/mol. The van der Waals surface area contributed by atoms with E-state index in [1.54, 1.807) is 6.07 Å². The number of hydrogen-bond donors (Lipinski definition) is 0. The first-order valence-electron chi connectivity index (χ1n) is 3.90. The Morgan fingerprint density at radius 2 is 1.62 bits per heavy atom. The quantitative estimate of drug-likeness (QED) is 0.620. The van der Waals surface area contributed by atoms with Gasteiger partial charge in [-0.2, -0.15) is 0 Å². The SMILES string of the molecule is C#CC(C)(C)c1cc(Cl)cc(Cl)c1. The van der Waals surface area contributed by atoms with E-state index < -0.39 is 0 Å². The highest BCUT2D eigenvalue weighted by molar-refractivity contribution is 6.34. The van der Waals surface area contributed by atoms with Crippen LogP contribution < -0.4 is 0 Å². The molecule has 0 spiro atoms. The van der Waals surface area contributed by atoms with Gasteiger partial charge < -0.3 is 0 Å². The Morgan fingerprint density at radius 1 is 1.15 bits per heavy atom. The van der Waals surface area contributed by atoms with E-state index in [0.717, 1.165) is 5.56 Å². The molecule has 1 rings (SSSR count). The van der Waals surface area contributed by atoms with E-state index in [1.165, 1.54) is 0 Å². The van der Waals surface area contributed by atoms with E-state index in [1.807, 2.05) is 26.0 Å². The number of hydrogen-bond acceptors (Lipinski definition) is 0. The molecule has 0 heterocycles. The summed E-state index contributed by atoms with van der Waals surface area (Å²) in [5.74, 6) is 2.69. The van der Waals surface area contributed by atoms with Crippen LogP contribution in [0, 0.1) is 12.3 Å². The van der Waals surface area contributed by atoms with Crippen LogP contribution in [0.3, 0.4) is 0 Å². The maximum Gasteiger partial charge on any atom is 0.0505 e. The summed E-state index contributed by atoms with van der Waals surface area (Å²) < 4.78 is 0. The molecule has 0 amide bonds. The van der Waals surface area contributed by atoms with Crippen molar-refractivity contribution in [3.63, 3.8) is 0 Å². The molecule has 0 aromatic heterocycles. The molecule has 0 bridgehead atoms. The number of rotatable bonds is 1. The summed E-state index contributed by atoms with van der Waals surface area (Å²) in [6.45, 7) is 3.91. The zero-order chi connectivity index (χ0) is 10.1.